The number of unbranched alkanes of at least 4 members (excludes halogenated alkanes) is 8. The Labute approximate surface area is 335 Å². The molecule has 0 heterocycles. The molecular formula is C45H77NO8P+. The van der Waals surface area contributed by atoms with Crippen molar-refractivity contribution < 1.29 is 42.1 Å². The van der Waals surface area contributed by atoms with Gasteiger partial charge in [0.1, 0.15) is 19.8 Å². The monoisotopic (exact) mass is 791 g/mol. The Morgan fingerprint density at radius 2 is 1.04 bits per heavy atom. The maximum Gasteiger partial charge on any atom is 0.472 e. The molecule has 0 radical (unpaired) electrons. The highest BCUT2D eigenvalue weighted by atomic mass is 31.2. The lowest BCUT2D eigenvalue weighted by Gasteiger charge is -2.24. The van der Waals surface area contributed by atoms with Gasteiger partial charge in [-0.1, -0.05) is 137 Å². The molecule has 1 N–H and O–H groups in total. The topological polar surface area (TPSA) is 108 Å². The minimum atomic E-state index is -4.38. The number of allylic oxidation sites excluding steroid dienone is 14. The molecule has 0 rings (SSSR count). The third kappa shape index (κ3) is 40.7. The third-order valence-corrected chi connectivity index (χ3v) is 9.17. The zero-order chi connectivity index (χ0) is 40.7. The Hall–Kier alpha value is -2.81. The van der Waals surface area contributed by atoms with Crippen molar-refractivity contribution in [1.82, 2.24) is 0 Å². The molecule has 0 aliphatic carbocycles. The second kappa shape index (κ2) is 36.8. The van der Waals surface area contributed by atoms with E-state index in [0.717, 1.165) is 96.3 Å². The summed E-state index contributed by atoms with van der Waals surface area (Å²) >= 11 is 0. The summed E-state index contributed by atoms with van der Waals surface area (Å²) in [7, 11) is 1.44. The van der Waals surface area contributed by atoms with Crippen molar-refractivity contribution >= 4 is 19.8 Å². The van der Waals surface area contributed by atoms with Crippen LogP contribution in [0, 0.1) is 0 Å². The van der Waals surface area contributed by atoms with Crippen LogP contribution in [0.1, 0.15) is 136 Å². The van der Waals surface area contributed by atoms with Crippen molar-refractivity contribution in [2.45, 2.75) is 142 Å². The van der Waals surface area contributed by atoms with E-state index < -0.39 is 32.5 Å². The number of carbonyl (C=O) groups excluding carboxylic acids is 2. The lowest BCUT2D eigenvalue weighted by molar-refractivity contribution is -0.870. The minimum Gasteiger partial charge on any atom is -0.462 e. The Morgan fingerprint density at radius 1 is 0.582 bits per heavy atom. The summed E-state index contributed by atoms with van der Waals surface area (Å²) in [4.78, 5) is 35.0. The quantitative estimate of drug-likeness (QED) is 0.0220. The molecule has 0 saturated carbocycles. The highest BCUT2D eigenvalue weighted by Gasteiger charge is 2.27. The van der Waals surface area contributed by atoms with Gasteiger partial charge >= 0.3 is 19.8 Å². The highest BCUT2D eigenvalue weighted by molar-refractivity contribution is 7.47. The number of rotatable bonds is 36. The first-order valence-corrected chi connectivity index (χ1v) is 22.3. The fourth-order valence-corrected chi connectivity index (χ4v) is 5.67. The zero-order valence-electron chi connectivity index (χ0n) is 35.1. The smallest absolute Gasteiger partial charge is 0.462 e. The van der Waals surface area contributed by atoms with Crippen LogP contribution in [0.4, 0.5) is 0 Å². The van der Waals surface area contributed by atoms with Crippen LogP contribution in [0.2, 0.25) is 0 Å². The van der Waals surface area contributed by atoms with E-state index in [0.29, 0.717) is 17.4 Å². The first-order valence-electron chi connectivity index (χ1n) is 20.8. The number of carbonyl (C=O) groups is 2. The molecule has 0 aromatic rings. The Balaban J connectivity index is 4.32. The number of phosphoric ester groups is 1. The van der Waals surface area contributed by atoms with Gasteiger partial charge in [-0.2, -0.15) is 0 Å². The summed E-state index contributed by atoms with van der Waals surface area (Å²) in [6.07, 6.45) is 46.7. The maximum atomic E-state index is 12.6. The number of esters is 2. The van der Waals surface area contributed by atoms with Crippen molar-refractivity contribution in [2.24, 2.45) is 0 Å². The summed E-state index contributed by atoms with van der Waals surface area (Å²) in [6.45, 7) is 4.16. The van der Waals surface area contributed by atoms with E-state index in [-0.39, 0.29) is 26.1 Å². The number of quaternary nitrogens is 1. The molecule has 0 aromatic heterocycles. The molecule has 0 bridgehead atoms. The number of hydrogen-bond donors (Lipinski definition) is 1. The fraction of sp³-hybridized carbons (Fsp3) is 0.644. The number of likely N-dealkylation sites (N-methyl/N-ethyl adjacent to an activating group) is 1. The number of phosphoric acid groups is 1. The van der Waals surface area contributed by atoms with E-state index in [1.165, 1.54) is 6.42 Å². The summed E-state index contributed by atoms with van der Waals surface area (Å²) < 4.78 is 34.0. The molecule has 2 unspecified atom stereocenters. The third-order valence-electron chi connectivity index (χ3n) is 8.19. The first kappa shape index (κ1) is 52.2. The van der Waals surface area contributed by atoms with Gasteiger partial charge in [-0.15, -0.1) is 0 Å². The van der Waals surface area contributed by atoms with Crippen LogP contribution >= 0.6 is 7.82 Å². The average molecular weight is 791 g/mol. The molecule has 0 aliphatic heterocycles. The van der Waals surface area contributed by atoms with Crippen LogP contribution < -0.4 is 0 Å². The molecule has 0 fully saturated rings. The molecule has 55 heavy (non-hydrogen) atoms. The van der Waals surface area contributed by atoms with Crippen molar-refractivity contribution in [2.75, 3.05) is 47.5 Å². The molecule has 10 heteroatoms. The number of ether oxygens (including phenoxy) is 2. The van der Waals surface area contributed by atoms with Gasteiger partial charge in [-0.25, -0.2) is 4.57 Å². The number of hydrogen-bond acceptors (Lipinski definition) is 7. The van der Waals surface area contributed by atoms with Gasteiger partial charge in [-0.05, 0) is 70.6 Å². The van der Waals surface area contributed by atoms with E-state index in [1.807, 2.05) is 21.1 Å². The van der Waals surface area contributed by atoms with Crippen molar-refractivity contribution in [1.29, 1.82) is 0 Å². The second-order valence-electron chi connectivity index (χ2n) is 14.6. The van der Waals surface area contributed by atoms with Crippen LogP contribution in [-0.2, 0) is 32.7 Å². The summed E-state index contributed by atoms with van der Waals surface area (Å²) in [5.41, 5.74) is 0. The molecule has 314 valence electrons. The minimum absolute atomic E-state index is 0.0205. The lowest BCUT2D eigenvalue weighted by Crippen LogP contribution is -2.37. The Morgan fingerprint density at radius 3 is 1.55 bits per heavy atom. The summed E-state index contributed by atoms with van der Waals surface area (Å²) in [5, 5.41) is 0. The molecule has 0 saturated heterocycles. The van der Waals surface area contributed by atoms with Gasteiger partial charge in [-0.3, -0.25) is 18.6 Å². The zero-order valence-corrected chi connectivity index (χ0v) is 36.0. The predicted molar refractivity (Wildman–Crippen MR) is 229 cm³/mol. The molecule has 0 aromatic carbocycles. The van der Waals surface area contributed by atoms with Crippen molar-refractivity contribution in [3.05, 3.63) is 85.1 Å². The molecule has 2 atom stereocenters. The Kier molecular flexibility index (Phi) is 34.9. The Bertz CT molecular complexity index is 1210. The largest absolute Gasteiger partial charge is 0.472 e. The van der Waals surface area contributed by atoms with Crippen molar-refractivity contribution in [3.8, 4) is 0 Å². The highest BCUT2D eigenvalue weighted by Crippen LogP contribution is 2.43. The van der Waals surface area contributed by atoms with E-state index in [1.54, 1.807) is 0 Å². The van der Waals surface area contributed by atoms with E-state index in [9.17, 15) is 19.0 Å². The summed E-state index contributed by atoms with van der Waals surface area (Å²) in [5.74, 6) is -0.857. The predicted octanol–water partition coefficient (Wildman–Crippen LogP) is 11.6. The normalized spacial score (nSPS) is 14.5. The number of nitrogens with zero attached hydrogens (tertiary/aromatic N) is 1. The van der Waals surface area contributed by atoms with Crippen LogP contribution in [0.3, 0.4) is 0 Å². The van der Waals surface area contributed by atoms with Crippen LogP contribution in [0.15, 0.2) is 85.1 Å². The van der Waals surface area contributed by atoms with Crippen LogP contribution in [0.25, 0.3) is 0 Å². The van der Waals surface area contributed by atoms with E-state index in [4.69, 9.17) is 18.5 Å². The molecule has 0 amide bonds. The lowest BCUT2D eigenvalue weighted by atomic mass is 10.1. The van der Waals surface area contributed by atoms with Gasteiger partial charge < -0.3 is 18.9 Å². The average Bonchev–Trinajstić information content (AvgIpc) is 3.13. The van der Waals surface area contributed by atoms with Gasteiger partial charge in [0.15, 0.2) is 6.10 Å². The van der Waals surface area contributed by atoms with Crippen molar-refractivity contribution in [3.63, 3.8) is 0 Å². The molecular weight excluding hydrogens is 713 g/mol. The summed E-state index contributed by atoms with van der Waals surface area (Å²) in [6, 6.07) is 0. The fourth-order valence-electron chi connectivity index (χ4n) is 4.93. The maximum absolute atomic E-state index is 12.6. The van der Waals surface area contributed by atoms with Gasteiger partial charge in [0.2, 0.25) is 0 Å². The van der Waals surface area contributed by atoms with Crippen LogP contribution in [0.5, 0.6) is 0 Å². The SMILES string of the molecule is CC/C=C\C/C=C\C/C=C\C/C=C\C/C=C\C/C=C\C/C=C\CCCCCC(=O)OC(COC(=O)CCCCCCCC)COP(=O)(O)OCC[N+](C)(C)C. The van der Waals surface area contributed by atoms with Crippen LogP contribution in [-0.4, -0.2) is 74.9 Å². The molecule has 0 spiro atoms. The molecule has 0 aliphatic rings. The van der Waals surface area contributed by atoms with E-state index in [2.05, 4.69) is 98.9 Å². The second-order valence-corrected chi connectivity index (χ2v) is 16.1. The standard InChI is InChI=1S/C45H76NO8P/c1-6-8-10-12-14-15-16-17-18-19-20-21-22-23-24-25-26-27-28-29-30-31-32-34-36-38-45(48)54-43(41-51-44(47)37-35-33-13-11-9-7-2)42-53-55(49,50)52-40-39-46(3,4)5/h8,10,14-15,17-18,20-21,23-24,26-27,29-30,43H,6-7,9,11-13,16,19,22,25,28,31-42H2,1-5H3/p+1/b10-8-,15-14-,18-17-,21-20-,24-23-,27-26-,30-29-. The van der Waals surface area contributed by atoms with Gasteiger partial charge in [0.05, 0.1) is 27.7 Å². The van der Waals surface area contributed by atoms with Gasteiger partial charge in [0.25, 0.3) is 0 Å². The first-order chi connectivity index (χ1) is 26.5. The molecule has 9 nitrogen and oxygen atoms in total. The van der Waals surface area contributed by atoms with E-state index >= 15 is 0 Å². The van der Waals surface area contributed by atoms with Gasteiger partial charge in [0, 0.05) is 12.8 Å².